The quantitative estimate of drug-likeness (QED) is 0.342. The molecule has 0 bridgehead atoms. The Morgan fingerprint density at radius 2 is 1.77 bits per heavy atom. The number of fused-ring (bicyclic) bond motifs is 1. The summed E-state index contributed by atoms with van der Waals surface area (Å²) in [4.78, 5) is 21.3. The number of benzene rings is 2. The summed E-state index contributed by atoms with van der Waals surface area (Å²) in [6.45, 7) is 10.5. The number of rotatable bonds is 7. The largest absolute Gasteiger partial charge is 0.372 e. The van der Waals surface area contributed by atoms with Gasteiger partial charge in [0.25, 0.3) is 0 Å². The van der Waals surface area contributed by atoms with Gasteiger partial charge in [0.15, 0.2) is 5.82 Å². The molecule has 176 valence electrons. The highest BCUT2D eigenvalue weighted by molar-refractivity contribution is 6.49. The lowest BCUT2D eigenvalue weighted by Crippen LogP contribution is -2.21. The van der Waals surface area contributed by atoms with E-state index in [1.807, 2.05) is 22.9 Å². The van der Waals surface area contributed by atoms with Crippen molar-refractivity contribution in [3.05, 3.63) is 78.5 Å². The lowest BCUT2D eigenvalue weighted by atomic mass is 10.1. The van der Waals surface area contributed by atoms with Gasteiger partial charge in [-0.3, -0.25) is 9.97 Å². The smallest absolute Gasteiger partial charge is 0.182 e. The molecule has 3 heterocycles. The van der Waals surface area contributed by atoms with Crippen molar-refractivity contribution in [2.24, 2.45) is 10.1 Å². The Morgan fingerprint density at radius 3 is 2.43 bits per heavy atom. The average Bonchev–Trinajstić information content (AvgIpc) is 3.43. The number of anilines is 1. The molecule has 2 aromatic heterocycles. The molecule has 4 aromatic rings. The number of hydrogen-bond acceptors (Lipinski definition) is 6. The van der Waals surface area contributed by atoms with Crippen LogP contribution in [-0.2, 0) is 0 Å². The third-order valence-corrected chi connectivity index (χ3v) is 6.29. The van der Waals surface area contributed by atoms with Crippen LogP contribution in [-0.4, -0.2) is 44.1 Å². The number of imidazole rings is 1. The molecule has 0 radical (unpaired) electrons. The summed E-state index contributed by atoms with van der Waals surface area (Å²) in [5.41, 5.74) is 8.35. The van der Waals surface area contributed by atoms with Crippen LogP contribution in [0.4, 0.5) is 11.4 Å². The van der Waals surface area contributed by atoms with Crippen molar-refractivity contribution in [1.29, 1.82) is 0 Å². The maximum Gasteiger partial charge on any atom is 0.182 e. The van der Waals surface area contributed by atoms with E-state index >= 15 is 0 Å². The van der Waals surface area contributed by atoms with E-state index < -0.39 is 0 Å². The second-order valence-corrected chi connectivity index (χ2v) is 8.40. The molecular weight excluding hydrogens is 434 g/mol. The Labute approximate surface area is 205 Å². The van der Waals surface area contributed by atoms with Crippen LogP contribution >= 0.6 is 0 Å². The van der Waals surface area contributed by atoms with Crippen LogP contribution in [0.5, 0.6) is 0 Å². The third-order valence-electron chi connectivity index (χ3n) is 6.29. The molecule has 0 atom stereocenters. The van der Waals surface area contributed by atoms with Gasteiger partial charge in [0.2, 0.25) is 0 Å². The molecule has 0 unspecified atom stereocenters. The predicted molar refractivity (Wildman–Crippen MR) is 143 cm³/mol. The van der Waals surface area contributed by atoms with Gasteiger partial charge < -0.3 is 4.90 Å². The maximum atomic E-state index is 5.09. The highest BCUT2D eigenvalue weighted by Crippen LogP contribution is 2.35. The number of nitrogens with zero attached hydrogens (tertiary/aromatic N) is 7. The maximum absolute atomic E-state index is 5.09. The molecule has 1 aliphatic heterocycles. The molecule has 5 rings (SSSR count). The van der Waals surface area contributed by atoms with Crippen LogP contribution in [0, 0.1) is 6.92 Å². The lowest BCUT2D eigenvalue weighted by Gasteiger charge is -2.21. The fourth-order valence-corrected chi connectivity index (χ4v) is 4.43. The molecule has 2 aromatic carbocycles. The molecule has 0 spiro atoms. The van der Waals surface area contributed by atoms with E-state index in [9.17, 15) is 0 Å². The Balaban J connectivity index is 1.67. The van der Waals surface area contributed by atoms with Crippen LogP contribution in [0.2, 0.25) is 0 Å². The molecule has 0 amide bonds. The fraction of sp³-hybridized carbons (Fsp3) is 0.250. The van der Waals surface area contributed by atoms with Gasteiger partial charge in [-0.1, -0.05) is 37.3 Å². The van der Waals surface area contributed by atoms with Crippen molar-refractivity contribution in [1.82, 2.24) is 19.6 Å². The average molecular weight is 464 g/mol. The van der Waals surface area contributed by atoms with Crippen LogP contribution in [0.3, 0.4) is 0 Å². The van der Waals surface area contributed by atoms with E-state index in [-0.39, 0.29) is 0 Å². The fourth-order valence-electron chi connectivity index (χ4n) is 4.43. The summed E-state index contributed by atoms with van der Waals surface area (Å²) in [5, 5.41) is 4.94. The van der Waals surface area contributed by atoms with E-state index in [0.717, 1.165) is 70.7 Å². The molecule has 0 N–H and O–H groups in total. The topological polar surface area (TPSA) is 71.6 Å². The van der Waals surface area contributed by atoms with Crippen LogP contribution in [0.25, 0.3) is 22.6 Å². The molecule has 0 fully saturated rings. The number of aromatic nitrogens is 4. The summed E-state index contributed by atoms with van der Waals surface area (Å²) in [6, 6.07) is 16.6. The highest BCUT2D eigenvalue weighted by Gasteiger charge is 2.31. The number of aliphatic imine (C=N–C) groups is 1. The van der Waals surface area contributed by atoms with Gasteiger partial charge in [0.1, 0.15) is 22.8 Å². The second-order valence-electron chi connectivity index (χ2n) is 8.40. The van der Waals surface area contributed by atoms with Gasteiger partial charge in [-0.05, 0) is 51.0 Å². The van der Waals surface area contributed by atoms with Crippen molar-refractivity contribution in [2.75, 3.05) is 18.0 Å². The molecule has 7 heteroatoms. The summed E-state index contributed by atoms with van der Waals surface area (Å²) in [7, 11) is 0. The molecule has 35 heavy (non-hydrogen) atoms. The molecule has 0 saturated heterocycles. The Hall–Kier alpha value is -4.13. The van der Waals surface area contributed by atoms with Crippen LogP contribution in [0.1, 0.15) is 38.6 Å². The van der Waals surface area contributed by atoms with E-state index in [4.69, 9.17) is 15.1 Å². The molecule has 1 aliphatic rings. The zero-order chi connectivity index (χ0) is 24.4. The van der Waals surface area contributed by atoms with Gasteiger partial charge in [0.05, 0.1) is 17.6 Å². The predicted octanol–water partition coefficient (Wildman–Crippen LogP) is 5.91. The summed E-state index contributed by atoms with van der Waals surface area (Å²) < 4.78 is 1.88. The standard InChI is InChI=1S/C28H29N7/c1-5-22-26(31-23-14-13-21(17-19(23)4)34(6-2)7-3)28-32-25(20-11-9-8-10-12-20)27(35(28)33-22)24-18-29-15-16-30-24/h8-18H,5-7H2,1-4H3/b31-26-. The first-order valence-electron chi connectivity index (χ1n) is 12.1. The number of hydrogen-bond donors (Lipinski definition) is 0. The highest BCUT2D eigenvalue weighted by atomic mass is 15.4. The third kappa shape index (κ3) is 4.14. The normalized spacial score (nSPS) is 13.7. The second kappa shape index (κ2) is 9.62. The first kappa shape index (κ1) is 22.7. The van der Waals surface area contributed by atoms with Crippen molar-refractivity contribution < 1.29 is 0 Å². The molecule has 7 nitrogen and oxygen atoms in total. The van der Waals surface area contributed by atoms with E-state index in [0.29, 0.717) is 0 Å². The van der Waals surface area contributed by atoms with E-state index in [1.165, 1.54) is 5.69 Å². The van der Waals surface area contributed by atoms with Crippen LogP contribution < -0.4 is 4.90 Å². The number of aryl methyl sites for hydroxylation is 1. The van der Waals surface area contributed by atoms with Gasteiger partial charge in [-0.2, -0.15) is 5.10 Å². The lowest BCUT2D eigenvalue weighted by molar-refractivity contribution is 0.865. The van der Waals surface area contributed by atoms with Gasteiger partial charge in [0, 0.05) is 36.7 Å². The zero-order valence-corrected chi connectivity index (χ0v) is 20.6. The minimum absolute atomic E-state index is 0.727. The van der Waals surface area contributed by atoms with Crippen molar-refractivity contribution in [3.8, 4) is 22.6 Å². The minimum atomic E-state index is 0.727. The van der Waals surface area contributed by atoms with E-state index in [1.54, 1.807) is 18.6 Å². The Bertz CT molecular complexity index is 1400. The summed E-state index contributed by atoms with van der Waals surface area (Å²) >= 11 is 0. The van der Waals surface area contributed by atoms with Crippen LogP contribution in [0.15, 0.2) is 77.2 Å². The first-order chi connectivity index (χ1) is 17.1. The molecule has 0 saturated carbocycles. The Morgan fingerprint density at radius 1 is 0.971 bits per heavy atom. The minimum Gasteiger partial charge on any atom is -0.372 e. The zero-order valence-electron chi connectivity index (χ0n) is 20.6. The summed E-state index contributed by atoms with van der Waals surface area (Å²) in [5.74, 6) is 0.730. The monoisotopic (exact) mass is 463 g/mol. The van der Waals surface area contributed by atoms with Crippen molar-refractivity contribution in [3.63, 3.8) is 0 Å². The van der Waals surface area contributed by atoms with Gasteiger partial charge in [-0.25, -0.2) is 14.7 Å². The molecular formula is C28H29N7. The van der Waals surface area contributed by atoms with Crippen molar-refractivity contribution in [2.45, 2.75) is 34.1 Å². The van der Waals surface area contributed by atoms with Gasteiger partial charge in [-0.15, -0.1) is 0 Å². The summed E-state index contributed by atoms with van der Waals surface area (Å²) in [6.07, 6.45) is 5.87. The Kier molecular flexibility index (Phi) is 6.23. The van der Waals surface area contributed by atoms with E-state index in [2.05, 4.69) is 72.9 Å². The molecule has 0 aliphatic carbocycles. The van der Waals surface area contributed by atoms with Gasteiger partial charge >= 0.3 is 0 Å². The SMILES string of the molecule is CCC1=Nn2c(nc(-c3ccccc3)c2-c2cnccn2)/C1=N\c1ccc(N(CC)CC)cc1C. The first-order valence-corrected chi connectivity index (χ1v) is 12.1. The van der Waals surface area contributed by atoms with Crippen molar-refractivity contribution >= 4 is 22.8 Å².